The van der Waals surface area contributed by atoms with Crippen LogP contribution in [-0.2, 0) is 13.1 Å². The van der Waals surface area contributed by atoms with Gasteiger partial charge < -0.3 is 0 Å². The fourth-order valence-electron chi connectivity index (χ4n) is 2.34. The Kier molecular flexibility index (Phi) is 3.92. The molecule has 0 atom stereocenters. The minimum absolute atomic E-state index is 0.00482. The Morgan fingerprint density at radius 1 is 0.810 bits per heavy atom. The van der Waals surface area contributed by atoms with Gasteiger partial charge in [0.2, 0.25) is 0 Å². The molecule has 0 aliphatic heterocycles. The smallest absolute Gasteiger partial charge is 0.197 e. The molecule has 0 spiro atoms. The normalized spacial score (nSPS) is 10.5. The lowest BCUT2D eigenvalue weighted by Crippen LogP contribution is -2.54. The largest absolute Gasteiger partial charge is 0.498 e. The number of nitrogens with zero attached hydrogens (tertiary/aromatic N) is 2. The summed E-state index contributed by atoms with van der Waals surface area (Å²) in [5.41, 5.74) is 2.25. The lowest BCUT2D eigenvalue weighted by atomic mass is 10.2. The van der Waals surface area contributed by atoms with Crippen LogP contribution in [0.3, 0.4) is 0 Å². The Morgan fingerprint density at radius 2 is 1.43 bits per heavy atom. The Morgan fingerprint density at radius 3 is 2.10 bits per heavy atom. The van der Waals surface area contributed by atoms with Crippen molar-refractivity contribution in [2.75, 3.05) is 0 Å². The third-order valence-corrected chi connectivity index (χ3v) is 3.41. The van der Waals surface area contributed by atoms with E-state index in [0.717, 1.165) is 11.1 Å². The molecule has 2 aromatic carbocycles. The summed E-state index contributed by atoms with van der Waals surface area (Å²) >= 11 is 0. The van der Waals surface area contributed by atoms with Gasteiger partial charge in [-0.05, 0) is 11.1 Å². The average Bonchev–Trinajstić information content (AvgIpc) is 2.53. The summed E-state index contributed by atoms with van der Waals surface area (Å²) in [7, 11) is 0. The van der Waals surface area contributed by atoms with E-state index in [0.29, 0.717) is 13.1 Å². The molecule has 1 heterocycles. The van der Waals surface area contributed by atoms with Gasteiger partial charge in [-0.3, -0.25) is 0 Å². The molecule has 104 valence electrons. The standard InChI is InChI=1S/C18H17N2O/c21-18-19(14-16-8-3-1-4-9-16)12-7-13-20(18)15-17-10-5-2-6-11-17/h1-13H,14-15H2/q+1. The van der Waals surface area contributed by atoms with E-state index < -0.39 is 0 Å². The van der Waals surface area contributed by atoms with Gasteiger partial charge in [0, 0.05) is 6.07 Å². The second kappa shape index (κ2) is 6.18. The molecule has 21 heavy (non-hydrogen) atoms. The molecular formula is C18H17N2O+. The minimum atomic E-state index is 0.00482. The van der Waals surface area contributed by atoms with Gasteiger partial charge in [-0.2, -0.15) is 13.9 Å². The van der Waals surface area contributed by atoms with E-state index in [9.17, 15) is 4.79 Å². The van der Waals surface area contributed by atoms with Crippen molar-refractivity contribution in [3.05, 3.63) is 101 Å². The summed E-state index contributed by atoms with van der Waals surface area (Å²) in [6.45, 7) is 1.19. The van der Waals surface area contributed by atoms with Crippen LogP contribution in [0.25, 0.3) is 0 Å². The lowest BCUT2D eigenvalue weighted by molar-refractivity contribution is -0.707. The highest BCUT2D eigenvalue weighted by Crippen LogP contribution is 2.00. The first-order valence-electron chi connectivity index (χ1n) is 7.00. The zero-order valence-electron chi connectivity index (χ0n) is 11.7. The Bertz CT molecular complexity index is 701. The first-order chi connectivity index (χ1) is 10.3. The van der Waals surface area contributed by atoms with Crippen LogP contribution in [0.4, 0.5) is 0 Å². The summed E-state index contributed by atoms with van der Waals surface area (Å²) in [5, 5.41) is 0. The molecule has 0 fully saturated rings. The lowest BCUT2D eigenvalue weighted by Gasteiger charge is -2.03. The summed E-state index contributed by atoms with van der Waals surface area (Å²) in [6.07, 6.45) is 3.66. The van der Waals surface area contributed by atoms with Gasteiger partial charge in [-0.1, -0.05) is 60.7 Å². The average molecular weight is 277 g/mol. The van der Waals surface area contributed by atoms with Crippen LogP contribution in [0, 0.1) is 0 Å². The van der Waals surface area contributed by atoms with E-state index in [1.54, 1.807) is 9.13 Å². The molecule has 0 aliphatic rings. The van der Waals surface area contributed by atoms with E-state index in [-0.39, 0.29) is 5.69 Å². The molecular weight excluding hydrogens is 260 g/mol. The molecule has 0 aliphatic carbocycles. The van der Waals surface area contributed by atoms with Gasteiger partial charge in [-0.15, -0.1) is 0 Å². The van der Waals surface area contributed by atoms with Crippen molar-refractivity contribution in [1.29, 1.82) is 0 Å². The van der Waals surface area contributed by atoms with Gasteiger partial charge in [0.25, 0.3) is 0 Å². The monoisotopic (exact) mass is 277 g/mol. The summed E-state index contributed by atoms with van der Waals surface area (Å²) < 4.78 is 3.47. The SMILES string of the molecule is O=c1n(Cc2ccccc2)ccc[n+]1Cc1ccccc1. The van der Waals surface area contributed by atoms with Crippen LogP contribution >= 0.6 is 0 Å². The molecule has 3 aromatic rings. The summed E-state index contributed by atoms with van der Waals surface area (Å²) in [4.78, 5) is 12.5. The fourth-order valence-corrected chi connectivity index (χ4v) is 2.34. The zero-order valence-corrected chi connectivity index (χ0v) is 11.7. The molecule has 1 aromatic heterocycles. The Hall–Kier alpha value is -2.68. The zero-order chi connectivity index (χ0) is 14.5. The van der Waals surface area contributed by atoms with E-state index in [2.05, 4.69) is 0 Å². The number of hydrogen-bond donors (Lipinski definition) is 0. The van der Waals surface area contributed by atoms with Crippen LogP contribution in [0.15, 0.2) is 83.9 Å². The van der Waals surface area contributed by atoms with Crippen LogP contribution in [0.5, 0.6) is 0 Å². The molecule has 0 radical (unpaired) electrons. The molecule has 0 N–H and O–H groups in total. The van der Waals surface area contributed by atoms with Crippen molar-refractivity contribution in [3.63, 3.8) is 0 Å². The molecule has 0 saturated heterocycles. The molecule has 0 amide bonds. The van der Waals surface area contributed by atoms with Crippen molar-refractivity contribution in [1.82, 2.24) is 4.57 Å². The molecule has 0 bridgehead atoms. The predicted octanol–water partition coefficient (Wildman–Crippen LogP) is 2.23. The third kappa shape index (κ3) is 3.26. The van der Waals surface area contributed by atoms with Gasteiger partial charge in [0.1, 0.15) is 13.1 Å². The summed E-state index contributed by atoms with van der Waals surface area (Å²) in [6, 6.07) is 21.9. The highest BCUT2D eigenvalue weighted by molar-refractivity contribution is 5.15. The second-order valence-electron chi connectivity index (χ2n) is 5.00. The van der Waals surface area contributed by atoms with Gasteiger partial charge >= 0.3 is 5.69 Å². The van der Waals surface area contributed by atoms with Gasteiger partial charge in [0.05, 0.1) is 12.4 Å². The number of benzene rings is 2. The highest BCUT2D eigenvalue weighted by Gasteiger charge is 2.10. The fraction of sp³-hybridized carbons (Fsp3) is 0.111. The third-order valence-electron chi connectivity index (χ3n) is 3.41. The maximum atomic E-state index is 12.5. The topological polar surface area (TPSA) is 25.9 Å². The number of aromatic nitrogens is 2. The van der Waals surface area contributed by atoms with Crippen LogP contribution in [0.2, 0.25) is 0 Å². The van der Waals surface area contributed by atoms with Gasteiger partial charge in [0.15, 0.2) is 0 Å². The highest BCUT2D eigenvalue weighted by atomic mass is 16.1. The minimum Gasteiger partial charge on any atom is -0.197 e. The van der Waals surface area contributed by atoms with Crippen molar-refractivity contribution in [2.45, 2.75) is 13.1 Å². The second-order valence-corrected chi connectivity index (χ2v) is 5.00. The molecule has 0 saturated carbocycles. The van der Waals surface area contributed by atoms with E-state index in [1.165, 1.54) is 0 Å². The van der Waals surface area contributed by atoms with Crippen molar-refractivity contribution < 1.29 is 4.57 Å². The van der Waals surface area contributed by atoms with Crippen molar-refractivity contribution in [3.8, 4) is 0 Å². The maximum Gasteiger partial charge on any atom is 0.498 e. The first-order valence-corrected chi connectivity index (χ1v) is 7.00. The van der Waals surface area contributed by atoms with E-state index in [1.807, 2.05) is 79.1 Å². The predicted molar refractivity (Wildman–Crippen MR) is 82.0 cm³/mol. The summed E-state index contributed by atoms with van der Waals surface area (Å²) in [5.74, 6) is 0. The maximum absolute atomic E-state index is 12.5. The van der Waals surface area contributed by atoms with E-state index >= 15 is 0 Å². The Balaban J connectivity index is 1.87. The number of rotatable bonds is 4. The van der Waals surface area contributed by atoms with Crippen LogP contribution < -0.4 is 10.3 Å². The van der Waals surface area contributed by atoms with Gasteiger partial charge in [-0.25, -0.2) is 0 Å². The Labute approximate surface area is 123 Å². The molecule has 0 unspecified atom stereocenters. The molecule has 3 nitrogen and oxygen atoms in total. The van der Waals surface area contributed by atoms with Crippen LogP contribution in [0.1, 0.15) is 11.1 Å². The molecule has 3 rings (SSSR count). The number of hydrogen-bond acceptors (Lipinski definition) is 1. The quantitative estimate of drug-likeness (QED) is 0.672. The van der Waals surface area contributed by atoms with Crippen LogP contribution in [-0.4, -0.2) is 4.57 Å². The van der Waals surface area contributed by atoms with Crippen molar-refractivity contribution >= 4 is 0 Å². The molecule has 3 heteroatoms. The van der Waals surface area contributed by atoms with E-state index in [4.69, 9.17) is 0 Å². The van der Waals surface area contributed by atoms with Crippen molar-refractivity contribution in [2.24, 2.45) is 0 Å². The first kappa shape index (κ1) is 13.3.